The summed E-state index contributed by atoms with van der Waals surface area (Å²) in [5.74, 6) is -0.535. The van der Waals surface area contributed by atoms with Crippen LogP contribution in [0.1, 0.15) is 6.42 Å². The summed E-state index contributed by atoms with van der Waals surface area (Å²) in [6, 6.07) is -1.09. The Morgan fingerprint density at radius 2 is 2.50 bits per heavy atom. The van der Waals surface area contributed by atoms with E-state index in [1.165, 1.54) is 6.20 Å². The van der Waals surface area contributed by atoms with E-state index < -0.39 is 16.9 Å². The number of nitrogens with zero attached hydrogens (tertiary/aromatic N) is 1. The van der Waals surface area contributed by atoms with E-state index in [0.717, 1.165) is 0 Å². The fraction of sp³-hybridized carbons (Fsp3) is 0.400. The highest BCUT2D eigenvalue weighted by atomic mass is 16.6. The normalized spacial score (nSPS) is 24.0. The van der Waals surface area contributed by atoms with Crippen molar-refractivity contribution in [3.05, 3.63) is 22.4 Å². The van der Waals surface area contributed by atoms with E-state index in [2.05, 4.69) is 5.32 Å². The van der Waals surface area contributed by atoms with Crippen LogP contribution < -0.4 is 5.32 Å². The third-order valence-corrected chi connectivity index (χ3v) is 1.26. The van der Waals surface area contributed by atoms with Crippen molar-refractivity contribution in [1.29, 1.82) is 0 Å². The van der Waals surface area contributed by atoms with Crippen molar-refractivity contribution in [1.82, 2.24) is 5.32 Å². The van der Waals surface area contributed by atoms with Gasteiger partial charge in [-0.1, -0.05) is 6.08 Å². The molecule has 54 valence electrons. The molecule has 1 rings (SSSR count). The number of carbonyl (C=O) groups is 1. The smallest absolute Gasteiger partial charge is 0.299 e. The van der Waals surface area contributed by atoms with Crippen molar-refractivity contribution in [2.24, 2.45) is 0 Å². The van der Waals surface area contributed by atoms with Gasteiger partial charge in [-0.2, -0.15) is 0 Å². The summed E-state index contributed by atoms with van der Waals surface area (Å²) in [5, 5.41) is 12.3. The van der Waals surface area contributed by atoms with Crippen LogP contribution in [0.5, 0.6) is 0 Å². The SMILES string of the molecule is O=C1NC=CCC1[N+](=O)[O-]. The first-order valence-corrected chi connectivity index (χ1v) is 2.80. The second-order valence-electron chi connectivity index (χ2n) is 1.95. The molecule has 0 aliphatic carbocycles. The maximum absolute atomic E-state index is 10.6. The number of hydrogen-bond donors (Lipinski definition) is 1. The van der Waals surface area contributed by atoms with Crippen LogP contribution in [0.4, 0.5) is 0 Å². The van der Waals surface area contributed by atoms with Crippen molar-refractivity contribution in [3.63, 3.8) is 0 Å². The van der Waals surface area contributed by atoms with E-state index >= 15 is 0 Å². The highest BCUT2D eigenvalue weighted by Crippen LogP contribution is 2.02. The number of rotatable bonds is 1. The molecule has 0 fully saturated rings. The monoisotopic (exact) mass is 142 g/mol. The standard InChI is InChI=1S/C5H6N2O3/c8-5-4(7(9)10)2-1-3-6-5/h1,3-4H,2H2,(H,6,8). The number of carbonyl (C=O) groups excluding carboxylic acids is 1. The van der Waals surface area contributed by atoms with Crippen molar-refractivity contribution < 1.29 is 9.72 Å². The minimum Gasteiger partial charge on any atom is -0.327 e. The zero-order chi connectivity index (χ0) is 7.56. The highest BCUT2D eigenvalue weighted by Gasteiger charge is 2.29. The Morgan fingerprint density at radius 1 is 1.80 bits per heavy atom. The third-order valence-electron chi connectivity index (χ3n) is 1.26. The Morgan fingerprint density at radius 3 is 2.90 bits per heavy atom. The van der Waals surface area contributed by atoms with Gasteiger partial charge in [0, 0.05) is 17.5 Å². The summed E-state index contributed by atoms with van der Waals surface area (Å²) in [4.78, 5) is 20.1. The minimum absolute atomic E-state index is 0.193. The van der Waals surface area contributed by atoms with Gasteiger partial charge in [0.05, 0.1) is 0 Å². The molecule has 0 bridgehead atoms. The summed E-state index contributed by atoms with van der Waals surface area (Å²) in [5.41, 5.74) is 0. The van der Waals surface area contributed by atoms with E-state index in [1.54, 1.807) is 6.08 Å². The zero-order valence-corrected chi connectivity index (χ0v) is 5.11. The number of amides is 1. The second-order valence-corrected chi connectivity index (χ2v) is 1.95. The first kappa shape index (κ1) is 6.73. The highest BCUT2D eigenvalue weighted by molar-refractivity contribution is 5.82. The molecule has 0 saturated heterocycles. The largest absolute Gasteiger partial charge is 0.327 e. The molecule has 5 heteroatoms. The average Bonchev–Trinajstić information content (AvgIpc) is 1.88. The van der Waals surface area contributed by atoms with Crippen molar-refractivity contribution in [2.75, 3.05) is 0 Å². The summed E-state index contributed by atoms with van der Waals surface area (Å²) < 4.78 is 0. The number of hydrogen-bond acceptors (Lipinski definition) is 3. The molecule has 0 aromatic heterocycles. The third kappa shape index (κ3) is 1.12. The van der Waals surface area contributed by atoms with Crippen LogP contribution in [0.25, 0.3) is 0 Å². The van der Waals surface area contributed by atoms with E-state index in [1.807, 2.05) is 0 Å². The van der Waals surface area contributed by atoms with Crippen LogP contribution in [0.3, 0.4) is 0 Å². The van der Waals surface area contributed by atoms with Gasteiger partial charge in [-0.15, -0.1) is 0 Å². The van der Waals surface area contributed by atoms with Gasteiger partial charge in [0.2, 0.25) is 0 Å². The summed E-state index contributed by atoms with van der Waals surface area (Å²) in [6.07, 6.45) is 3.18. The molecule has 1 heterocycles. The van der Waals surface area contributed by atoms with E-state index in [4.69, 9.17) is 0 Å². The lowest BCUT2D eigenvalue weighted by atomic mass is 10.1. The molecule has 5 nitrogen and oxygen atoms in total. The van der Waals surface area contributed by atoms with Gasteiger partial charge in [-0.25, -0.2) is 0 Å². The van der Waals surface area contributed by atoms with Crippen molar-refractivity contribution in [3.8, 4) is 0 Å². The maximum atomic E-state index is 10.6. The van der Waals surface area contributed by atoms with Crippen molar-refractivity contribution >= 4 is 5.91 Å². The quantitative estimate of drug-likeness (QED) is 0.402. The van der Waals surface area contributed by atoms with Crippen LogP contribution in [0, 0.1) is 10.1 Å². The second kappa shape index (κ2) is 2.47. The molecular weight excluding hydrogens is 136 g/mol. The molecule has 1 N–H and O–H groups in total. The molecule has 1 aliphatic heterocycles. The Kier molecular flexibility index (Phi) is 1.66. The predicted octanol–water partition coefficient (Wildman–Crippen LogP) is -0.335. The molecular formula is C5H6N2O3. The summed E-state index contributed by atoms with van der Waals surface area (Å²) >= 11 is 0. The first-order valence-electron chi connectivity index (χ1n) is 2.80. The van der Waals surface area contributed by atoms with Crippen molar-refractivity contribution in [2.45, 2.75) is 12.5 Å². The molecule has 1 atom stereocenters. The lowest BCUT2D eigenvalue weighted by Crippen LogP contribution is -2.39. The molecule has 1 unspecified atom stereocenters. The Bertz CT molecular complexity index is 199. The summed E-state index contributed by atoms with van der Waals surface area (Å²) in [6.45, 7) is 0. The molecule has 1 aliphatic rings. The zero-order valence-electron chi connectivity index (χ0n) is 5.11. The van der Waals surface area contributed by atoms with Crippen LogP contribution >= 0.6 is 0 Å². The lowest BCUT2D eigenvalue weighted by molar-refractivity contribution is -0.507. The van der Waals surface area contributed by atoms with Crippen LogP contribution in [-0.4, -0.2) is 16.9 Å². The summed E-state index contributed by atoms with van der Waals surface area (Å²) in [7, 11) is 0. The van der Waals surface area contributed by atoms with E-state index in [0.29, 0.717) is 0 Å². The predicted molar refractivity (Wildman–Crippen MR) is 32.7 cm³/mol. The molecule has 1 amide bonds. The van der Waals surface area contributed by atoms with Gasteiger partial charge in [0.1, 0.15) is 0 Å². The van der Waals surface area contributed by atoms with E-state index in [9.17, 15) is 14.9 Å². The van der Waals surface area contributed by atoms with Gasteiger partial charge in [0.15, 0.2) is 0 Å². The molecule has 0 spiro atoms. The molecule has 10 heavy (non-hydrogen) atoms. The maximum Gasteiger partial charge on any atom is 0.299 e. The molecule has 0 aromatic rings. The fourth-order valence-corrected chi connectivity index (χ4v) is 0.723. The van der Waals surface area contributed by atoms with Crippen LogP contribution in [0.15, 0.2) is 12.3 Å². The minimum atomic E-state index is -1.09. The van der Waals surface area contributed by atoms with Gasteiger partial charge in [0.25, 0.3) is 11.9 Å². The van der Waals surface area contributed by atoms with Gasteiger partial charge in [-0.05, 0) is 0 Å². The van der Waals surface area contributed by atoms with Crippen LogP contribution in [0.2, 0.25) is 0 Å². The Labute approximate surface area is 56.9 Å². The molecule has 0 aromatic carbocycles. The molecule has 0 saturated carbocycles. The first-order chi connectivity index (χ1) is 4.72. The fourth-order valence-electron chi connectivity index (χ4n) is 0.723. The van der Waals surface area contributed by atoms with Gasteiger partial charge in [-0.3, -0.25) is 14.9 Å². The topological polar surface area (TPSA) is 72.2 Å². The average molecular weight is 142 g/mol. The van der Waals surface area contributed by atoms with Gasteiger partial charge >= 0.3 is 0 Å². The van der Waals surface area contributed by atoms with Crippen LogP contribution in [-0.2, 0) is 4.79 Å². The van der Waals surface area contributed by atoms with Gasteiger partial charge < -0.3 is 5.32 Å². The lowest BCUT2D eigenvalue weighted by Gasteiger charge is -2.08. The number of nitrogens with one attached hydrogen (secondary N) is 1. The Balaban J connectivity index is 2.68. The number of nitro groups is 1. The van der Waals surface area contributed by atoms with E-state index in [-0.39, 0.29) is 6.42 Å². The Hall–Kier alpha value is -1.39. The molecule has 0 radical (unpaired) electrons.